The van der Waals surface area contributed by atoms with Gasteiger partial charge in [-0.2, -0.15) is 0 Å². The predicted octanol–water partition coefficient (Wildman–Crippen LogP) is 3.96. The smallest absolute Gasteiger partial charge is 0.303 e. The van der Waals surface area contributed by atoms with Crippen molar-refractivity contribution in [1.82, 2.24) is 15.2 Å². The van der Waals surface area contributed by atoms with E-state index in [1.807, 2.05) is 17.9 Å². The van der Waals surface area contributed by atoms with Crippen molar-refractivity contribution in [2.45, 2.75) is 32.7 Å². The fourth-order valence-corrected chi connectivity index (χ4v) is 4.05. The fraction of sp³-hybridized carbons (Fsp3) is 0.308. The first-order chi connectivity index (χ1) is 16.7. The van der Waals surface area contributed by atoms with Crippen LogP contribution in [0.5, 0.6) is 0 Å². The Morgan fingerprint density at radius 1 is 1.14 bits per heavy atom. The molecule has 4 rings (SSSR count). The average molecular weight is 497 g/mol. The first-order valence-corrected chi connectivity index (χ1v) is 11.8. The van der Waals surface area contributed by atoms with E-state index < -0.39 is 11.9 Å². The lowest BCUT2D eigenvalue weighted by Gasteiger charge is -2.32. The minimum atomic E-state index is -0.711. The van der Waals surface area contributed by atoms with Gasteiger partial charge in [-0.15, -0.1) is 0 Å². The molecule has 0 saturated carbocycles. The number of hydrogen-bond donors (Lipinski definition) is 3. The number of aromatic nitrogens is 1. The molecule has 4 N–H and O–H groups in total. The Morgan fingerprint density at radius 3 is 2.40 bits per heavy atom. The molecular formula is C26H29ClN4O4. The molecule has 2 amide bonds. The monoisotopic (exact) mass is 496 g/mol. The van der Waals surface area contributed by atoms with E-state index in [9.17, 15) is 14.4 Å². The number of carbonyl (C=O) groups is 3. The summed E-state index contributed by atoms with van der Waals surface area (Å²) in [7, 11) is 0. The Balaban J connectivity index is 0.000000509. The van der Waals surface area contributed by atoms with E-state index in [0.717, 1.165) is 23.9 Å². The normalized spacial score (nSPS) is 15.3. The fourth-order valence-electron chi connectivity index (χ4n) is 3.79. The van der Waals surface area contributed by atoms with E-state index in [1.54, 1.807) is 42.5 Å². The number of primary amides is 1. The number of benzene rings is 2. The van der Waals surface area contributed by atoms with Crippen LogP contribution in [0.25, 0.3) is 22.2 Å². The highest BCUT2D eigenvalue weighted by molar-refractivity contribution is 6.35. The number of aliphatic carboxylic acids is 1. The first kappa shape index (κ1) is 26.1. The summed E-state index contributed by atoms with van der Waals surface area (Å²) in [6.07, 6.45) is 1.02. The lowest BCUT2D eigenvalue weighted by molar-refractivity contribution is -0.137. The van der Waals surface area contributed by atoms with E-state index in [4.69, 9.17) is 27.4 Å². The molecule has 0 spiro atoms. The SMILES string of the molecule is CCCC(=O)O.C[C@@H]1CN(C(=O)c2ccc3c(Cl)cc(-c4ccc(C(N)=O)cc4)nc3c2)CCN1. The number of halogens is 1. The maximum Gasteiger partial charge on any atom is 0.303 e. The highest BCUT2D eigenvalue weighted by atomic mass is 35.5. The molecule has 1 aromatic heterocycles. The lowest BCUT2D eigenvalue weighted by Crippen LogP contribution is -2.51. The van der Waals surface area contributed by atoms with Gasteiger partial charge in [0.1, 0.15) is 0 Å². The maximum absolute atomic E-state index is 12.9. The van der Waals surface area contributed by atoms with Crippen LogP contribution in [-0.4, -0.2) is 58.5 Å². The summed E-state index contributed by atoms with van der Waals surface area (Å²) < 4.78 is 0. The van der Waals surface area contributed by atoms with Crippen LogP contribution in [0.1, 0.15) is 47.4 Å². The Kier molecular flexibility index (Phi) is 8.78. The molecule has 1 atom stereocenters. The van der Waals surface area contributed by atoms with Crippen molar-refractivity contribution >= 4 is 40.3 Å². The average Bonchev–Trinajstić information content (AvgIpc) is 2.83. The molecule has 1 aliphatic heterocycles. The molecule has 2 heterocycles. The number of nitrogens with zero attached hydrogens (tertiary/aromatic N) is 2. The van der Waals surface area contributed by atoms with Gasteiger partial charge < -0.3 is 21.1 Å². The number of carbonyl (C=O) groups excluding carboxylic acids is 2. The van der Waals surface area contributed by atoms with Gasteiger partial charge in [-0.05, 0) is 43.7 Å². The van der Waals surface area contributed by atoms with Gasteiger partial charge in [-0.1, -0.05) is 36.7 Å². The molecule has 0 unspecified atom stereocenters. The Bertz CT molecular complexity index is 1230. The van der Waals surface area contributed by atoms with Crippen LogP contribution in [0.15, 0.2) is 48.5 Å². The van der Waals surface area contributed by atoms with Gasteiger partial charge in [0.05, 0.1) is 16.2 Å². The largest absolute Gasteiger partial charge is 0.481 e. The summed E-state index contributed by atoms with van der Waals surface area (Å²) in [4.78, 5) is 40.4. The number of amides is 2. The second-order valence-electron chi connectivity index (χ2n) is 8.41. The maximum atomic E-state index is 12.9. The van der Waals surface area contributed by atoms with Crippen LogP contribution >= 0.6 is 11.6 Å². The van der Waals surface area contributed by atoms with Crippen LogP contribution in [0.4, 0.5) is 0 Å². The van der Waals surface area contributed by atoms with Gasteiger partial charge in [-0.25, -0.2) is 4.98 Å². The van der Waals surface area contributed by atoms with Crippen molar-refractivity contribution in [1.29, 1.82) is 0 Å². The second kappa shape index (κ2) is 11.8. The third-order valence-electron chi connectivity index (χ3n) is 5.59. The van der Waals surface area contributed by atoms with Crippen molar-refractivity contribution in [3.8, 4) is 11.3 Å². The third-order valence-corrected chi connectivity index (χ3v) is 5.90. The van der Waals surface area contributed by atoms with Crippen molar-refractivity contribution in [2.24, 2.45) is 5.73 Å². The number of nitrogens with two attached hydrogens (primary N) is 1. The Morgan fingerprint density at radius 2 is 1.83 bits per heavy atom. The van der Waals surface area contributed by atoms with Gasteiger partial charge in [0, 0.05) is 54.2 Å². The number of piperazine rings is 1. The van der Waals surface area contributed by atoms with Gasteiger partial charge in [0.25, 0.3) is 5.91 Å². The lowest BCUT2D eigenvalue weighted by atomic mass is 10.1. The number of pyridine rings is 1. The summed E-state index contributed by atoms with van der Waals surface area (Å²) in [5.41, 5.74) is 8.45. The minimum absolute atomic E-state index is 0.00520. The summed E-state index contributed by atoms with van der Waals surface area (Å²) >= 11 is 6.48. The van der Waals surface area contributed by atoms with E-state index >= 15 is 0 Å². The molecule has 2 aromatic carbocycles. The molecule has 1 fully saturated rings. The van der Waals surface area contributed by atoms with Crippen molar-refractivity contribution < 1.29 is 19.5 Å². The number of carboxylic acids is 1. The highest BCUT2D eigenvalue weighted by Crippen LogP contribution is 2.29. The van der Waals surface area contributed by atoms with E-state index in [-0.39, 0.29) is 11.9 Å². The van der Waals surface area contributed by atoms with Gasteiger partial charge >= 0.3 is 5.97 Å². The van der Waals surface area contributed by atoms with E-state index in [2.05, 4.69) is 12.2 Å². The second-order valence-corrected chi connectivity index (χ2v) is 8.82. The molecule has 1 saturated heterocycles. The zero-order valence-electron chi connectivity index (χ0n) is 19.8. The van der Waals surface area contributed by atoms with Crippen LogP contribution in [0.2, 0.25) is 5.02 Å². The quantitative estimate of drug-likeness (QED) is 0.491. The van der Waals surface area contributed by atoms with Crippen molar-refractivity contribution in [3.63, 3.8) is 0 Å². The minimum Gasteiger partial charge on any atom is -0.481 e. The summed E-state index contributed by atoms with van der Waals surface area (Å²) in [6, 6.07) is 14.3. The van der Waals surface area contributed by atoms with Gasteiger partial charge in [-0.3, -0.25) is 14.4 Å². The van der Waals surface area contributed by atoms with E-state index in [0.29, 0.717) is 46.9 Å². The molecular weight excluding hydrogens is 468 g/mol. The zero-order chi connectivity index (χ0) is 25.5. The third kappa shape index (κ3) is 6.77. The van der Waals surface area contributed by atoms with Crippen molar-refractivity contribution in [3.05, 3.63) is 64.7 Å². The number of rotatable bonds is 5. The van der Waals surface area contributed by atoms with Crippen LogP contribution < -0.4 is 11.1 Å². The predicted molar refractivity (Wildman–Crippen MR) is 137 cm³/mol. The molecule has 0 bridgehead atoms. The zero-order valence-corrected chi connectivity index (χ0v) is 20.5. The topological polar surface area (TPSA) is 126 Å². The summed E-state index contributed by atoms with van der Waals surface area (Å²) in [5, 5.41) is 12.6. The molecule has 35 heavy (non-hydrogen) atoms. The number of carboxylic acid groups (broad SMARTS) is 1. The first-order valence-electron chi connectivity index (χ1n) is 11.4. The van der Waals surface area contributed by atoms with Crippen LogP contribution in [-0.2, 0) is 4.79 Å². The van der Waals surface area contributed by atoms with Crippen LogP contribution in [0.3, 0.4) is 0 Å². The summed E-state index contributed by atoms with van der Waals surface area (Å²) in [5.74, 6) is -1.20. The highest BCUT2D eigenvalue weighted by Gasteiger charge is 2.22. The summed E-state index contributed by atoms with van der Waals surface area (Å²) in [6.45, 7) is 6.06. The Labute approximate surface area is 209 Å². The Hall–Kier alpha value is -3.49. The standard InChI is InChI=1S/C22H21ClN4O2.C4H8O2/c1-13-12-27(9-8-25-13)22(29)16-6-7-17-18(23)11-19(26-20(17)10-16)14-2-4-15(5-3-14)21(24)28;1-2-3-4(5)6/h2-7,10-11,13,25H,8-9,12H2,1H3,(H2,24,28);2-3H2,1H3,(H,5,6)/t13-;/m1./s1. The number of fused-ring (bicyclic) bond motifs is 1. The van der Waals surface area contributed by atoms with Crippen molar-refractivity contribution in [2.75, 3.05) is 19.6 Å². The molecule has 1 aliphatic rings. The molecule has 9 heteroatoms. The van der Waals surface area contributed by atoms with E-state index in [1.165, 1.54) is 0 Å². The molecule has 3 aromatic rings. The molecule has 0 aliphatic carbocycles. The number of hydrogen-bond acceptors (Lipinski definition) is 5. The van der Waals surface area contributed by atoms with Gasteiger partial charge in [0.15, 0.2) is 0 Å². The molecule has 8 nitrogen and oxygen atoms in total. The van der Waals surface area contributed by atoms with Crippen LogP contribution in [0, 0.1) is 0 Å². The van der Waals surface area contributed by atoms with Gasteiger partial charge in [0.2, 0.25) is 5.91 Å². The molecule has 0 radical (unpaired) electrons. The molecule has 184 valence electrons. The number of nitrogens with one attached hydrogen (secondary N) is 1.